The standard InChI is InChI=1S/C14H26N4/c1-2-18-11-16-10-14(18)13(9-15)17-12-7-5-3-4-6-8-12/h10-13,17H,2-9,15H2,1H3. The van der Waals surface area contributed by atoms with Crippen LogP contribution in [0.5, 0.6) is 0 Å². The predicted molar refractivity (Wildman–Crippen MR) is 74.3 cm³/mol. The van der Waals surface area contributed by atoms with E-state index >= 15 is 0 Å². The molecule has 1 aliphatic rings. The molecule has 0 spiro atoms. The van der Waals surface area contributed by atoms with Gasteiger partial charge in [0.25, 0.3) is 0 Å². The van der Waals surface area contributed by atoms with Crippen molar-refractivity contribution in [2.45, 2.75) is 64.1 Å². The van der Waals surface area contributed by atoms with E-state index in [0.717, 1.165) is 6.54 Å². The minimum absolute atomic E-state index is 0.246. The number of imidazole rings is 1. The molecule has 0 bridgehead atoms. The molecule has 1 atom stereocenters. The molecule has 4 heteroatoms. The highest BCUT2D eigenvalue weighted by Gasteiger charge is 2.19. The van der Waals surface area contributed by atoms with Crippen LogP contribution in [0.2, 0.25) is 0 Å². The van der Waals surface area contributed by atoms with Crippen molar-refractivity contribution >= 4 is 0 Å². The molecule has 102 valence electrons. The van der Waals surface area contributed by atoms with E-state index in [1.54, 1.807) is 0 Å². The summed E-state index contributed by atoms with van der Waals surface area (Å²) in [6.07, 6.45) is 11.9. The van der Waals surface area contributed by atoms with Crippen LogP contribution in [0.4, 0.5) is 0 Å². The van der Waals surface area contributed by atoms with Gasteiger partial charge in [-0.25, -0.2) is 4.98 Å². The molecule has 1 unspecified atom stereocenters. The summed E-state index contributed by atoms with van der Waals surface area (Å²) in [5.41, 5.74) is 7.17. The first-order valence-electron chi connectivity index (χ1n) is 7.31. The Bertz CT molecular complexity index is 339. The lowest BCUT2D eigenvalue weighted by atomic mass is 10.1. The Morgan fingerprint density at radius 2 is 2.11 bits per heavy atom. The SMILES string of the molecule is CCn1cncc1C(CN)NC1CCCCCC1. The summed E-state index contributed by atoms with van der Waals surface area (Å²) in [5, 5.41) is 3.74. The molecule has 1 aromatic rings. The fourth-order valence-electron chi connectivity index (χ4n) is 2.89. The number of nitrogens with one attached hydrogen (secondary N) is 1. The maximum atomic E-state index is 5.94. The first-order valence-corrected chi connectivity index (χ1v) is 7.31. The van der Waals surface area contributed by atoms with Gasteiger partial charge in [0, 0.05) is 25.3 Å². The van der Waals surface area contributed by atoms with Gasteiger partial charge in [0.15, 0.2) is 0 Å². The lowest BCUT2D eigenvalue weighted by molar-refractivity contribution is 0.390. The summed E-state index contributed by atoms with van der Waals surface area (Å²) in [6, 6.07) is 0.872. The van der Waals surface area contributed by atoms with Crippen LogP contribution < -0.4 is 11.1 Å². The van der Waals surface area contributed by atoms with Crippen molar-refractivity contribution in [3.8, 4) is 0 Å². The fourth-order valence-corrected chi connectivity index (χ4v) is 2.89. The number of aryl methyl sites for hydroxylation is 1. The molecule has 1 heterocycles. The van der Waals surface area contributed by atoms with Gasteiger partial charge in [0.2, 0.25) is 0 Å². The maximum absolute atomic E-state index is 5.94. The van der Waals surface area contributed by atoms with Gasteiger partial charge < -0.3 is 15.6 Å². The van der Waals surface area contributed by atoms with Gasteiger partial charge in [0.1, 0.15) is 0 Å². The molecule has 0 aliphatic heterocycles. The third kappa shape index (κ3) is 3.33. The first-order chi connectivity index (χ1) is 8.85. The van der Waals surface area contributed by atoms with Gasteiger partial charge in [-0.05, 0) is 19.8 Å². The van der Waals surface area contributed by atoms with E-state index in [9.17, 15) is 0 Å². The number of hydrogen-bond donors (Lipinski definition) is 2. The van der Waals surface area contributed by atoms with Crippen molar-refractivity contribution in [2.24, 2.45) is 5.73 Å². The Hall–Kier alpha value is -0.870. The Morgan fingerprint density at radius 1 is 1.39 bits per heavy atom. The number of hydrogen-bond acceptors (Lipinski definition) is 3. The highest BCUT2D eigenvalue weighted by atomic mass is 15.1. The van der Waals surface area contributed by atoms with Crippen molar-refractivity contribution in [1.29, 1.82) is 0 Å². The third-order valence-corrected chi connectivity index (χ3v) is 3.97. The summed E-state index contributed by atoms with van der Waals surface area (Å²) in [6.45, 7) is 3.74. The first kappa shape index (κ1) is 13.6. The Balaban J connectivity index is 1.99. The Labute approximate surface area is 110 Å². The second kappa shape index (κ2) is 6.90. The van der Waals surface area contributed by atoms with Crippen molar-refractivity contribution in [3.63, 3.8) is 0 Å². The summed E-state index contributed by atoms with van der Waals surface area (Å²) < 4.78 is 2.18. The topological polar surface area (TPSA) is 55.9 Å². The van der Waals surface area contributed by atoms with Crippen LogP contribution in [-0.4, -0.2) is 22.1 Å². The van der Waals surface area contributed by atoms with Crippen LogP contribution in [0.1, 0.15) is 57.2 Å². The van der Waals surface area contributed by atoms with Crippen molar-refractivity contribution in [3.05, 3.63) is 18.2 Å². The van der Waals surface area contributed by atoms with Gasteiger partial charge in [-0.1, -0.05) is 25.7 Å². The molecule has 2 rings (SSSR count). The molecule has 1 saturated carbocycles. The van der Waals surface area contributed by atoms with Gasteiger partial charge in [-0.3, -0.25) is 0 Å². The van der Waals surface area contributed by atoms with Crippen molar-refractivity contribution in [1.82, 2.24) is 14.9 Å². The molecule has 1 aromatic heterocycles. The number of nitrogens with zero attached hydrogens (tertiary/aromatic N) is 2. The van der Waals surface area contributed by atoms with Crippen LogP contribution in [0.15, 0.2) is 12.5 Å². The summed E-state index contributed by atoms with van der Waals surface area (Å²) in [5.74, 6) is 0. The zero-order valence-electron chi connectivity index (χ0n) is 11.4. The van der Waals surface area contributed by atoms with Crippen LogP contribution in [0, 0.1) is 0 Å². The van der Waals surface area contributed by atoms with E-state index in [2.05, 4.69) is 21.8 Å². The minimum Gasteiger partial charge on any atom is -0.333 e. The quantitative estimate of drug-likeness (QED) is 0.788. The maximum Gasteiger partial charge on any atom is 0.0948 e. The summed E-state index contributed by atoms with van der Waals surface area (Å²) >= 11 is 0. The molecule has 1 fully saturated rings. The molecule has 1 aliphatic carbocycles. The van der Waals surface area contributed by atoms with Gasteiger partial charge in [0.05, 0.1) is 18.1 Å². The normalized spacial score (nSPS) is 19.7. The van der Waals surface area contributed by atoms with Gasteiger partial charge in [-0.2, -0.15) is 0 Å². The van der Waals surface area contributed by atoms with Crippen LogP contribution in [0.3, 0.4) is 0 Å². The van der Waals surface area contributed by atoms with E-state index in [0.29, 0.717) is 12.6 Å². The lowest BCUT2D eigenvalue weighted by Crippen LogP contribution is -2.37. The zero-order valence-corrected chi connectivity index (χ0v) is 11.4. The number of aromatic nitrogens is 2. The molecule has 0 radical (unpaired) electrons. The van der Waals surface area contributed by atoms with Gasteiger partial charge >= 0.3 is 0 Å². The largest absolute Gasteiger partial charge is 0.333 e. The highest BCUT2D eigenvalue weighted by Crippen LogP contribution is 2.20. The van der Waals surface area contributed by atoms with Crippen LogP contribution >= 0.6 is 0 Å². The average Bonchev–Trinajstić information content (AvgIpc) is 2.72. The van der Waals surface area contributed by atoms with E-state index in [1.165, 1.54) is 44.2 Å². The highest BCUT2D eigenvalue weighted by molar-refractivity contribution is 5.06. The minimum atomic E-state index is 0.246. The third-order valence-electron chi connectivity index (χ3n) is 3.97. The van der Waals surface area contributed by atoms with Gasteiger partial charge in [-0.15, -0.1) is 0 Å². The van der Waals surface area contributed by atoms with E-state index < -0.39 is 0 Å². The molecule has 0 saturated heterocycles. The number of nitrogens with two attached hydrogens (primary N) is 1. The lowest BCUT2D eigenvalue weighted by Gasteiger charge is -2.24. The van der Waals surface area contributed by atoms with E-state index in [-0.39, 0.29) is 6.04 Å². The second-order valence-corrected chi connectivity index (χ2v) is 5.25. The Kier molecular flexibility index (Phi) is 5.20. The molecule has 18 heavy (non-hydrogen) atoms. The Morgan fingerprint density at radius 3 is 2.72 bits per heavy atom. The fraction of sp³-hybridized carbons (Fsp3) is 0.786. The molecule has 4 nitrogen and oxygen atoms in total. The van der Waals surface area contributed by atoms with Crippen LogP contribution in [0.25, 0.3) is 0 Å². The molecular formula is C14H26N4. The molecule has 0 amide bonds. The van der Waals surface area contributed by atoms with E-state index in [4.69, 9.17) is 5.73 Å². The molecule has 3 N–H and O–H groups in total. The number of rotatable bonds is 5. The second-order valence-electron chi connectivity index (χ2n) is 5.25. The monoisotopic (exact) mass is 250 g/mol. The van der Waals surface area contributed by atoms with Crippen LogP contribution in [-0.2, 0) is 6.54 Å². The van der Waals surface area contributed by atoms with Crippen molar-refractivity contribution in [2.75, 3.05) is 6.54 Å². The van der Waals surface area contributed by atoms with Crippen molar-refractivity contribution < 1.29 is 0 Å². The predicted octanol–water partition coefficient (Wildman–Crippen LogP) is 2.22. The van der Waals surface area contributed by atoms with E-state index in [1.807, 2.05) is 12.5 Å². The summed E-state index contributed by atoms with van der Waals surface area (Å²) in [4.78, 5) is 4.24. The average molecular weight is 250 g/mol. The molecule has 0 aromatic carbocycles. The zero-order chi connectivity index (χ0) is 12.8. The summed E-state index contributed by atoms with van der Waals surface area (Å²) in [7, 11) is 0. The molecular weight excluding hydrogens is 224 g/mol. The smallest absolute Gasteiger partial charge is 0.0948 e.